The summed E-state index contributed by atoms with van der Waals surface area (Å²) in [6.07, 6.45) is -4.35. The Bertz CT molecular complexity index is 400. The molecule has 1 aromatic carbocycles. The Balaban J connectivity index is 2.63. The van der Waals surface area contributed by atoms with Gasteiger partial charge in [-0.3, -0.25) is 0 Å². The van der Waals surface area contributed by atoms with Gasteiger partial charge in [0.05, 0.1) is 6.54 Å². The molecular weight excluding hydrogens is 235 g/mol. The highest BCUT2D eigenvalue weighted by Crippen LogP contribution is 2.19. The summed E-state index contributed by atoms with van der Waals surface area (Å²) in [5.41, 5.74) is 10.9. The Morgan fingerprint density at radius 2 is 2.00 bits per heavy atom. The van der Waals surface area contributed by atoms with Crippen molar-refractivity contribution in [1.29, 1.82) is 0 Å². The van der Waals surface area contributed by atoms with Gasteiger partial charge in [0, 0.05) is 0 Å². The standard InChI is InChI=1S/C10H12F3N3O/c11-10(12,13)6-17-8-3-1-2-7(4-8)5-16-9(14)15/h1-4H,5-6H2,(H4,14,15,16). The largest absolute Gasteiger partial charge is 0.484 e. The van der Waals surface area contributed by atoms with Gasteiger partial charge in [-0.1, -0.05) is 12.1 Å². The summed E-state index contributed by atoms with van der Waals surface area (Å²) in [7, 11) is 0. The molecule has 4 nitrogen and oxygen atoms in total. The highest BCUT2D eigenvalue weighted by atomic mass is 19.4. The van der Waals surface area contributed by atoms with Crippen LogP contribution in [0.5, 0.6) is 5.75 Å². The molecule has 94 valence electrons. The minimum absolute atomic E-state index is 0.0772. The van der Waals surface area contributed by atoms with Gasteiger partial charge in [-0.05, 0) is 17.7 Å². The molecule has 0 saturated carbocycles. The summed E-state index contributed by atoms with van der Waals surface area (Å²) in [5, 5.41) is 0. The minimum Gasteiger partial charge on any atom is -0.484 e. The summed E-state index contributed by atoms with van der Waals surface area (Å²) in [6.45, 7) is -1.12. The number of nitrogens with zero attached hydrogens (tertiary/aromatic N) is 1. The number of rotatable bonds is 4. The summed E-state index contributed by atoms with van der Waals surface area (Å²) in [6, 6.07) is 6.15. The van der Waals surface area contributed by atoms with Gasteiger partial charge < -0.3 is 16.2 Å². The van der Waals surface area contributed by atoms with Gasteiger partial charge in [-0.2, -0.15) is 13.2 Å². The van der Waals surface area contributed by atoms with Gasteiger partial charge in [-0.25, -0.2) is 4.99 Å². The first-order valence-corrected chi connectivity index (χ1v) is 4.71. The first-order chi connectivity index (χ1) is 7.87. The Hall–Kier alpha value is -1.92. The normalized spacial score (nSPS) is 11.0. The maximum absolute atomic E-state index is 11.9. The highest BCUT2D eigenvalue weighted by Gasteiger charge is 2.28. The number of benzene rings is 1. The van der Waals surface area contributed by atoms with Gasteiger partial charge in [0.2, 0.25) is 0 Å². The lowest BCUT2D eigenvalue weighted by Crippen LogP contribution is -2.22. The Labute approximate surface area is 96.1 Å². The molecule has 0 aromatic heterocycles. The van der Waals surface area contributed by atoms with Crippen molar-refractivity contribution in [2.24, 2.45) is 16.5 Å². The third-order valence-corrected chi connectivity index (χ3v) is 1.75. The Morgan fingerprint density at radius 1 is 1.29 bits per heavy atom. The van der Waals surface area contributed by atoms with E-state index in [1.165, 1.54) is 12.1 Å². The first-order valence-electron chi connectivity index (χ1n) is 4.71. The third-order valence-electron chi connectivity index (χ3n) is 1.75. The maximum Gasteiger partial charge on any atom is 0.422 e. The van der Waals surface area contributed by atoms with Gasteiger partial charge in [-0.15, -0.1) is 0 Å². The molecule has 1 aromatic rings. The lowest BCUT2D eigenvalue weighted by molar-refractivity contribution is -0.153. The topological polar surface area (TPSA) is 73.6 Å². The molecule has 0 aliphatic heterocycles. The van der Waals surface area contributed by atoms with Crippen molar-refractivity contribution < 1.29 is 17.9 Å². The molecule has 0 aliphatic rings. The molecule has 0 fully saturated rings. The number of hydrogen-bond acceptors (Lipinski definition) is 2. The zero-order valence-electron chi connectivity index (χ0n) is 8.87. The number of ether oxygens (including phenoxy) is 1. The van der Waals surface area contributed by atoms with Crippen molar-refractivity contribution in [2.75, 3.05) is 6.61 Å². The van der Waals surface area contributed by atoms with E-state index >= 15 is 0 Å². The number of guanidine groups is 1. The molecule has 17 heavy (non-hydrogen) atoms. The van der Waals surface area contributed by atoms with Crippen molar-refractivity contribution in [1.82, 2.24) is 0 Å². The smallest absolute Gasteiger partial charge is 0.422 e. The second-order valence-corrected chi connectivity index (χ2v) is 3.29. The summed E-state index contributed by atoms with van der Waals surface area (Å²) in [5.74, 6) is 0.0530. The molecule has 7 heteroatoms. The van der Waals surface area contributed by atoms with Gasteiger partial charge in [0.25, 0.3) is 0 Å². The monoisotopic (exact) mass is 247 g/mol. The average Bonchev–Trinajstić information content (AvgIpc) is 2.23. The van der Waals surface area contributed by atoms with Crippen LogP contribution < -0.4 is 16.2 Å². The van der Waals surface area contributed by atoms with Crippen LogP contribution in [0.1, 0.15) is 5.56 Å². The van der Waals surface area contributed by atoms with Crippen LogP contribution >= 0.6 is 0 Å². The van der Waals surface area contributed by atoms with Crippen molar-refractivity contribution in [3.63, 3.8) is 0 Å². The first kappa shape index (κ1) is 13.1. The van der Waals surface area contributed by atoms with Crippen molar-refractivity contribution >= 4 is 5.96 Å². The second-order valence-electron chi connectivity index (χ2n) is 3.29. The van der Waals surface area contributed by atoms with E-state index in [0.29, 0.717) is 5.56 Å². The van der Waals surface area contributed by atoms with Crippen LogP contribution in [0.3, 0.4) is 0 Å². The van der Waals surface area contributed by atoms with Gasteiger partial charge in [0.15, 0.2) is 12.6 Å². The van der Waals surface area contributed by atoms with E-state index in [-0.39, 0.29) is 18.3 Å². The Kier molecular flexibility index (Phi) is 4.19. The molecule has 0 heterocycles. The summed E-state index contributed by atoms with van der Waals surface area (Å²) in [4.78, 5) is 3.74. The fourth-order valence-corrected chi connectivity index (χ4v) is 1.08. The van der Waals surface area contributed by atoms with Crippen LogP contribution in [0.2, 0.25) is 0 Å². The summed E-state index contributed by atoms with van der Waals surface area (Å²) < 4.78 is 40.3. The van der Waals surface area contributed by atoms with Crippen LogP contribution in [-0.2, 0) is 6.54 Å². The molecule has 4 N–H and O–H groups in total. The number of halogens is 3. The SMILES string of the molecule is NC(N)=NCc1cccc(OCC(F)(F)F)c1. The van der Waals surface area contributed by atoms with E-state index < -0.39 is 12.8 Å². The molecular formula is C10H12F3N3O. The predicted molar refractivity (Wildman–Crippen MR) is 57.5 cm³/mol. The fraction of sp³-hybridized carbons (Fsp3) is 0.300. The van der Waals surface area contributed by atoms with Gasteiger partial charge >= 0.3 is 6.18 Å². The average molecular weight is 247 g/mol. The molecule has 0 bridgehead atoms. The van der Waals surface area contributed by atoms with E-state index in [2.05, 4.69) is 9.73 Å². The van der Waals surface area contributed by atoms with Crippen LogP contribution in [0.4, 0.5) is 13.2 Å². The molecule has 0 amide bonds. The Morgan fingerprint density at radius 3 is 2.59 bits per heavy atom. The lowest BCUT2D eigenvalue weighted by atomic mass is 10.2. The fourth-order valence-electron chi connectivity index (χ4n) is 1.08. The van der Waals surface area contributed by atoms with E-state index in [4.69, 9.17) is 11.5 Å². The van der Waals surface area contributed by atoms with E-state index in [1.54, 1.807) is 12.1 Å². The molecule has 0 atom stereocenters. The maximum atomic E-state index is 11.9. The number of aliphatic imine (C=N–C) groups is 1. The number of hydrogen-bond donors (Lipinski definition) is 2. The van der Waals surface area contributed by atoms with Crippen molar-refractivity contribution in [3.05, 3.63) is 29.8 Å². The third kappa shape index (κ3) is 5.64. The van der Waals surface area contributed by atoms with Crippen LogP contribution in [-0.4, -0.2) is 18.7 Å². The molecule has 0 saturated heterocycles. The quantitative estimate of drug-likeness (QED) is 0.624. The molecule has 0 spiro atoms. The van der Waals surface area contributed by atoms with Crippen molar-refractivity contribution in [3.8, 4) is 5.75 Å². The second kappa shape index (κ2) is 5.42. The highest BCUT2D eigenvalue weighted by molar-refractivity contribution is 5.75. The zero-order chi connectivity index (χ0) is 12.9. The lowest BCUT2D eigenvalue weighted by Gasteiger charge is -2.09. The molecule has 0 unspecified atom stereocenters. The van der Waals surface area contributed by atoms with Crippen LogP contribution in [0.25, 0.3) is 0 Å². The van der Waals surface area contributed by atoms with E-state index in [9.17, 15) is 13.2 Å². The molecule has 1 rings (SSSR count). The van der Waals surface area contributed by atoms with Crippen molar-refractivity contribution in [2.45, 2.75) is 12.7 Å². The number of alkyl halides is 3. The number of nitrogens with two attached hydrogens (primary N) is 2. The van der Waals surface area contributed by atoms with Gasteiger partial charge in [0.1, 0.15) is 5.75 Å². The van der Waals surface area contributed by atoms with E-state index in [1.807, 2.05) is 0 Å². The predicted octanol–water partition coefficient (Wildman–Crippen LogP) is 1.40. The summed E-state index contributed by atoms with van der Waals surface area (Å²) >= 11 is 0. The minimum atomic E-state index is -4.35. The van der Waals surface area contributed by atoms with Crippen LogP contribution in [0.15, 0.2) is 29.3 Å². The van der Waals surface area contributed by atoms with E-state index in [0.717, 1.165) is 0 Å². The molecule has 0 radical (unpaired) electrons. The zero-order valence-corrected chi connectivity index (χ0v) is 8.87. The van der Waals surface area contributed by atoms with Crippen LogP contribution in [0, 0.1) is 0 Å². The molecule has 0 aliphatic carbocycles.